The average Bonchev–Trinajstić information content (AvgIpc) is 3.01. The molecule has 2 aromatic rings. The molecule has 1 aliphatic heterocycles. The van der Waals surface area contributed by atoms with Crippen LogP contribution in [0.15, 0.2) is 24.7 Å². The summed E-state index contributed by atoms with van der Waals surface area (Å²) in [5, 5.41) is 9.65. The highest BCUT2D eigenvalue weighted by atomic mass is 16.2. The quantitative estimate of drug-likeness (QED) is 0.886. The lowest BCUT2D eigenvalue weighted by atomic mass is 9.98. The number of hydrogen-bond donors (Lipinski definition) is 2. The van der Waals surface area contributed by atoms with E-state index in [0.717, 1.165) is 31.4 Å². The van der Waals surface area contributed by atoms with Gasteiger partial charge in [0.2, 0.25) is 0 Å². The lowest BCUT2D eigenvalue weighted by Gasteiger charge is -2.35. The van der Waals surface area contributed by atoms with E-state index in [1.54, 1.807) is 25.4 Å². The van der Waals surface area contributed by atoms with Crippen LogP contribution in [0.2, 0.25) is 0 Å². The molecule has 110 valence electrons. The van der Waals surface area contributed by atoms with Crippen LogP contribution in [0.25, 0.3) is 0 Å². The topological polar surface area (TPSA) is 86.8 Å². The minimum absolute atomic E-state index is 0.0698. The van der Waals surface area contributed by atoms with Gasteiger partial charge in [-0.25, -0.2) is 14.8 Å². The molecule has 0 saturated carbocycles. The van der Waals surface area contributed by atoms with E-state index in [1.807, 2.05) is 11.1 Å². The van der Waals surface area contributed by atoms with E-state index in [-0.39, 0.29) is 12.1 Å². The van der Waals surface area contributed by atoms with Crippen molar-refractivity contribution in [3.05, 3.63) is 36.0 Å². The Morgan fingerprint density at radius 3 is 3.14 bits per heavy atom. The van der Waals surface area contributed by atoms with Gasteiger partial charge >= 0.3 is 6.03 Å². The van der Waals surface area contributed by atoms with Gasteiger partial charge in [0.25, 0.3) is 0 Å². The van der Waals surface area contributed by atoms with Gasteiger partial charge in [-0.3, -0.25) is 10.4 Å². The summed E-state index contributed by atoms with van der Waals surface area (Å²) in [7, 11) is 0. The summed E-state index contributed by atoms with van der Waals surface area (Å²) in [5.41, 5.74) is 1.05. The van der Waals surface area contributed by atoms with E-state index in [9.17, 15) is 4.79 Å². The molecule has 2 amide bonds. The van der Waals surface area contributed by atoms with Gasteiger partial charge in [-0.05, 0) is 32.3 Å². The third-order valence-electron chi connectivity index (χ3n) is 3.68. The first-order valence-electron chi connectivity index (χ1n) is 7.10. The SMILES string of the molecule is Cc1nccc(NC(=O)N2CCCCC2c2cn[nH]c2)n1. The van der Waals surface area contributed by atoms with E-state index in [1.165, 1.54) is 0 Å². The smallest absolute Gasteiger partial charge is 0.317 e. The molecule has 1 fully saturated rings. The lowest BCUT2D eigenvalue weighted by molar-refractivity contribution is 0.163. The van der Waals surface area contributed by atoms with E-state index in [0.29, 0.717) is 11.6 Å². The third kappa shape index (κ3) is 3.01. The van der Waals surface area contributed by atoms with E-state index >= 15 is 0 Å². The number of aromatic nitrogens is 4. The highest BCUT2D eigenvalue weighted by molar-refractivity contribution is 5.88. The fourth-order valence-electron chi connectivity index (χ4n) is 2.67. The summed E-state index contributed by atoms with van der Waals surface area (Å²) < 4.78 is 0. The predicted octanol–water partition coefficient (Wildman–Crippen LogP) is 2.27. The molecule has 7 heteroatoms. The summed E-state index contributed by atoms with van der Waals surface area (Å²) in [6.07, 6.45) is 8.37. The largest absolute Gasteiger partial charge is 0.323 e. The van der Waals surface area contributed by atoms with Gasteiger partial charge in [-0.1, -0.05) is 0 Å². The number of likely N-dealkylation sites (tertiary alicyclic amines) is 1. The van der Waals surface area contributed by atoms with Crippen molar-refractivity contribution in [2.24, 2.45) is 0 Å². The molecular weight excluding hydrogens is 268 g/mol. The van der Waals surface area contributed by atoms with Crippen LogP contribution in [-0.4, -0.2) is 37.6 Å². The van der Waals surface area contributed by atoms with Crippen LogP contribution >= 0.6 is 0 Å². The molecule has 1 aliphatic rings. The fraction of sp³-hybridized carbons (Fsp3) is 0.429. The molecule has 3 rings (SSSR count). The zero-order valence-electron chi connectivity index (χ0n) is 11.9. The first-order valence-corrected chi connectivity index (χ1v) is 7.10. The second-order valence-corrected chi connectivity index (χ2v) is 5.16. The van der Waals surface area contributed by atoms with Crippen LogP contribution in [0.5, 0.6) is 0 Å². The zero-order chi connectivity index (χ0) is 14.7. The van der Waals surface area contributed by atoms with Crippen LogP contribution in [0, 0.1) is 6.92 Å². The van der Waals surface area contributed by atoms with E-state index in [4.69, 9.17) is 0 Å². The lowest BCUT2D eigenvalue weighted by Crippen LogP contribution is -2.41. The Hall–Kier alpha value is -2.44. The number of anilines is 1. The molecule has 0 aromatic carbocycles. The van der Waals surface area contributed by atoms with Gasteiger partial charge < -0.3 is 4.90 Å². The molecule has 1 atom stereocenters. The van der Waals surface area contributed by atoms with Gasteiger partial charge in [0.15, 0.2) is 0 Å². The first-order chi connectivity index (χ1) is 10.2. The highest BCUT2D eigenvalue weighted by Gasteiger charge is 2.28. The number of nitrogens with one attached hydrogen (secondary N) is 2. The summed E-state index contributed by atoms with van der Waals surface area (Å²) in [5.74, 6) is 1.17. The van der Waals surface area contributed by atoms with Crippen LogP contribution in [0.1, 0.15) is 36.7 Å². The summed E-state index contributed by atoms with van der Waals surface area (Å²) >= 11 is 0. The number of hydrogen-bond acceptors (Lipinski definition) is 4. The number of piperidine rings is 1. The molecule has 0 aliphatic carbocycles. The Balaban J connectivity index is 1.75. The molecule has 21 heavy (non-hydrogen) atoms. The molecule has 2 aromatic heterocycles. The second-order valence-electron chi connectivity index (χ2n) is 5.16. The van der Waals surface area contributed by atoms with Crippen molar-refractivity contribution in [3.8, 4) is 0 Å². The van der Waals surface area contributed by atoms with Crippen molar-refractivity contribution in [2.75, 3.05) is 11.9 Å². The molecule has 3 heterocycles. The van der Waals surface area contributed by atoms with Gasteiger partial charge in [0, 0.05) is 24.5 Å². The Labute approximate surface area is 122 Å². The van der Waals surface area contributed by atoms with Crippen molar-refractivity contribution in [1.82, 2.24) is 25.1 Å². The molecule has 0 spiro atoms. The van der Waals surface area contributed by atoms with Crippen LogP contribution in [-0.2, 0) is 0 Å². The second kappa shape index (κ2) is 5.90. The summed E-state index contributed by atoms with van der Waals surface area (Å²) in [6, 6.07) is 1.64. The van der Waals surface area contributed by atoms with Crippen molar-refractivity contribution in [3.63, 3.8) is 0 Å². The first kappa shape index (κ1) is 13.5. The number of aryl methyl sites for hydroxylation is 1. The maximum atomic E-state index is 12.5. The number of nitrogens with zero attached hydrogens (tertiary/aromatic N) is 4. The molecule has 1 unspecified atom stereocenters. The molecule has 0 bridgehead atoms. The van der Waals surface area contributed by atoms with Gasteiger partial charge in [-0.2, -0.15) is 5.10 Å². The number of carbonyl (C=O) groups excluding carboxylic acids is 1. The monoisotopic (exact) mass is 286 g/mol. The normalized spacial score (nSPS) is 18.5. The van der Waals surface area contributed by atoms with Gasteiger partial charge in [-0.15, -0.1) is 0 Å². The minimum Gasteiger partial charge on any atom is -0.317 e. The number of rotatable bonds is 2. The number of carbonyl (C=O) groups is 1. The highest BCUT2D eigenvalue weighted by Crippen LogP contribution is 2.30. The predicted molar refractivity (Wildman–Crippen MR) is 77.7 cm³/mol. The summed E-state index contributed by atoms with van der Waals surface area (Å²) in [6.45, 7) is 2.54. The van der Waals surface area contributed by atoms with Crippen LogP contribution < -0.4 is 5.32 Å². The Kier molecular flexibility index (Phi) is 3.81. The van der Waals surface area contributed by atoms with Crippen molar-refractivity contribution in [2.45, 2.75) is 32.2 Å². The molecule has 2 N–H and O–H groups in total. The van der Waals surface area contributed by atoms with Gasteiger partial charge in [0.1, 0.15) is 11.6 Å². The average molecular weight is 286 g/mol. The standard InChI is InChI=1S/C14H18N6O/c1-10-15-6-5-13(18-10)19-14(21)20-7-3-2-4-12(20)11-8-16-17-9-11/h5-6,8-9,12H,2-4,7H2,1H3,(H,16,17)(H,15,18,19,21). The number of amides is 2. The van der Waals surface area contributed by atoms with Crippen molar-refractivity contribution < 1.29 is 4.79 Å². The third-order valence-corrected chi connectivity index (χ3v) is 3.68. The Morgan fingerprint density at radius 1 is 1.48 bits per heavy atom. The number of aromatic amines is 1. The Morgan fingerprint density at radius 2 is 2.38 bits per heavy atom. The molecular formula is C14H18N6O. The molecule has 1 saturated heterocycles. The minimum atomic E-state index is -0.126. The zero-order valence-corrected chi connectivity index (χ0v) is 11.9. The van der Waals surface area contributed by atoms with Crippen LogP contribution in [0.3, 0.4) is 0 Å². The Bertz CT molecular complexity index is 612. The maximum Gasteiger partial charge on any atom is 0.323 e. The summed E-state index contributed by atoms with van der Waals surface area (Å²) in [4.78, 5) is 22.6. The van der Waals surface area contributed by atoms with Crippen molar-refractivity contribution in [1.29, 1.82) is 0 Å². The number of urea groups is 1. The van der Waals surface area contributed by atoms with Crippen molar-refractivity contribution >= 4 is 11.8 Å². The van der Waals surface area contributed by atoms with E-state index in [2.05, 4.69) is 25.5 Å². The molecule has 7 nitrogen and oxygen atoms in total. The van der Waals surface area contributed by atoms with Gasteiger partial charge in [0.05, 0.1) is 12.2 Å². The maximum absolute atomic E-state index is 12.5. The van der Waals surface area contributed by atoms with E-state index < -0.39 is 0 Å². The fourth-order valence-corrected chi connectivity index (χ4v) is 2.67. The van der Waals surface area contributed by atoms with Crippen LogP contribution in [0.4, 0.5) is 10.6 Å². The number of H-pyrrole nitrogens is 1. The molecule has 0 radical (unpaired) electrons.